The van der Waals surface area contributed by atoms with Crippen LogP contribution in [0.25, 0.3) is 0 Å². The summed E-state index contributed by atoms with van der Waals surface area (Å²) in [6.45, 7) is 1.25. The second-order valence-corrected chi connectivity index (χ2v) is 7.32. The van der Waals surface area contributed by atoms with Gasteiger partial charge in [0.25, 0.3) is 0 Å². The summed E-state index contributed by atoms with van der Waals surface area (Å²) in [4.78, 5) is 14.1. The van der Waals surface area contributed by atoms with Crippen molar-refractivity contribution in [3.63, 3.8) is 0 Å². The molecule has 1 heterocycles. The monoisotopic (exact) mass is 326 g/mol. The van der Waals surface area contributed by atoms with Gasteiger partial charge < -0.3 is 9.64 Å². The first-order valence-corrected chi connectivity index (χ1v) is 9.16. The van der Waals surface area contributed by atoms with Gasteiger partial charge in [0.15, 0.2) is 0 Å². The summed E-state index contributed by atoms with van der Waals surface area (Å²) in [5.41, 5.74) is 0.466. The second kappa shape index (κ2) is 7.00. The molecule has 0 spiro atoms. The molecule has 1 aliphatic rings. The molecule has 0 radical (unpaired) electrons. The van der Waals surface area contributed by atoms with E-state index in [0.29, 0.717) is 24.5 Å². The number of carbonyl (C=O) groups is 1. The van der Waals surface area contributed by atoms with Crippen LogP contribution in [0.4, 0.5) is 5.69 Å². The van der Waals surface area contributed by atoms with Crippen LogP contribution in [0.5, 0.6) is 5.75 Å². The number of carbonyl (C=O) groups excluding carboxylic acids is 1. The maximum atomic E-state index is 12.3. The zero-order valence-corrected chi connectivity index (χ0v) is 13.8. The minimum atomic E-state index is -3.53. The van der Waals surface area contributed by atoms with Gasteiger partial charge >= 0.3 is 0 Å². The van der Waals surface area contributed by atoms with Crippen molar-refractivity contribution >= 4 is 21.6 Å². The summed E-state index contributed by atoms with van der Waals surface area (Å²) in [7, 11) is -1.98. The Balaban J connectivity index is 2.17. The fourth-order valence-corrected chi connectivity index (χ4v) is 3.36. The molecule has 0 N–H and O–H groups in total. The summed E-state index contributed by atoms with van der Waals surface area (Å²) < 4.78 is 30.3. The van der Waals surface area contributed by atoms with Crippen molar-refractivity contribution in [3.05, 3.63) is 24.3 Å². The largest absolute Gasteiger partial charge is 0.497 e. The van der Waals surface area contributed by atoms with Gasteiger partial charge in [0, 0.05) is 13.1 Å². The van der Waals surface area contributed by atoms with Gasteiger partial charge in [-0.25, -0.2) is 8.42 Å². The maximum absolute atomic E-state index is 12.3. The van der Waals surface area contributed by atoms with Crippen LogP contribution >= 0.6 is 0 Å². The number of likely N-dealkylation sites (tertiary alicyclic amines) is 1. The van der Waals surface area contributed by atoms with Crippen molar-refractivity contribution in [2.75, 3.05) is 37.3 Å². The molecule has 1 aliphatic heterocycles. The van der Waals surface area contributed by atoms with Gasteiger partial charge in [-0.3, -0.25) is 9.10 Å². The Morgan fingerprint density at radius 1 is 1.18 bits per heavy atom. The number of ether oxygens (including phenoxy) is 1. The van der Waals surface area contributed by atoms with Gasteiger partial charge in [0.2, 0.25) is 15.9 Å². The Kier molecular flexibility index (Phi) is 5.28. The molecule has 122 valence electrons. The Morgan fingerprint density at radius 3 is 2.27 bits per heavy atom. The highest BCUT2D eigenvalue weighted by atomic mass is 32.2. The van der Waals surface area contributed by atoms with Gasteiger partial charge in [-0.1, -0.05) is 0 Å². The van der Waals surface area contributed by atoms with E-state index in [1.54, 1.807) is 36.3 Å². The highest BCUT2D eigenvalue weighted by Gasteiger charge is 2.24. The number of sulfonamides is 1. The third-order valence-corrected chi connectivity index (χ3v) is 4.89. The van der Waals surface area contributed by atoms with Crippen molar-refractivity contribution in [2.45, 2.75) is 19.3 Å². The molecule has 1 amide bonds. The molecule has 7 heteroatoms. The summed E-state index contributed by atoms with van der Waals surface area (Å²) in [5.74, 6) is 0.487. The fraction of sp³-hybridized carbons (Fsp3) is 0.533. The minimum absolute atomic E-state index is 0.152. The van der Waals surface area contributed by atoms with Crippen molar-refractivity contribution in [2.24, 2.45) is 0 Å². The molecular formula is C15H22N2O4S. The summed E-state index contributed by atoms with van der Waals surface area (Å²) in [6, 6.07) is 6.64. The zero-order chi connectivity index (χ0) is 16.2. The maximum Gasteiger partial charge on any atom is 0.243 e. The molecule has 1 saturated heterocycles. The Bertz CT molecular complexity index is 607. The molecule has 0 saturated carbocycles. The lowest BCUT2D eigenvalue weighted by Gasteiger charge is -2.30. The molecule has 1 aromatic carbocycles. The van der Waals surface area contributed by atoms with E-state index in [4.69, 9.17) is 4.74 Å². The molecule has 0 atom stereocenters. The molecule has 22 heavy (non-hydrogen) atoms. The number of piperidine rings is 1. The van der Waals surface area contributed by atoms with Crippen molar-refractivity contribution in [1.82, 2.24) is 4.90 Å². The SMILES string of the molecule is COc1ccc(N(CC(=O)N2CCCCC2)S(C)(=O)=O)cc1. The van der Waals surface area contributed by atoms with E-state index < -0.39 is 10.0 Å². The lowest BCUT2D eigenvalue weighted by atomic mass is 10.1. The quantitative estimate of drug-likeness (QED) is 0.822. The van der Waals surface area contributed by atoms with E-state index in [1.807, 2.05) is 0 Å². The van der Waals surface area contributed by atoms with E-state index in [9.17, 15) is 13.2 Å². The van der Waals surface area contributed by atoms with Crippen molar-refractivity contribution in [3.8, 4) is 5.75 Å². The predicted molar refractivity (Wildman–Crippen MR) is 85.6 cm³/mol. The van der Waals surface area contributed by atoms with Crippen LogP contribution in [-0.4, -0.2) is 52.2 Å². The van der Waals surface area contributed by atoms with Crippen LogP contribution in [0.15, 0.2) is 24.3 Å². The number of hydrogen-bond acceptors (Lipinski definition) is 4. The third kappa shape index (κ3) is 4.13. The number of benzene rings is 1. The number of nitrogens with zero attached hydrogens (tertiary/aromatic N) is 2. The smallest absolute Gasteiger partial charge is 0.243 e. The number of methoxy groups -OCH3 is 1. The van der Waals surface area contributed by atoms with Gasteiger partial charge in [-0.2, -0.15) is 0 Å². The van der Waals surface area contributed by atoms with Gasteiger partial charge in [0.1, 0.15) is 12.3 Å². The van der Waals surface area contributed by atoms with Gasteiger partial charge in [0.05, 0.1) is 19.1 Å². The van der Waals surface area contributed by atoms with Crippen LogP contribution in [0, 0.1) is 0 Å². The summed E-state index contributed by atoms with van der Waals surface area (Å²) in [5, 5.41) is 0. The van der Waals surface area contributed by atoms with E-state index in [2.05, 4.69) is 0 Å². The first kappa shape index (κ1) is 16.6. The average Bonchev–Trinajstić information content (AvgIpc) is 2.52. The second-order valence-electron chi connectivity index (χ2n) is 5.41. The normalized spacial score (nSPS) is 15.5. The molecule has 1 fully saturated rings. The zero-order valence-electron chi connectivity index (χ0n) is 13.0. The van der Waals surface area contributed by atoms with Gasteiger partial charge in [-0.15, -0.1) is 0 Å². The van der Waals surface area contributed by atoms with Crippen molar-refractivity contribution in [1.29, 1.82) is 0 Å². The molecule has 6 nitrogen and oxygen atoms in total. The predicted octanol–water partition coefficient (Wildman–Crippen LogP) is 1.47. The Labute approximate surface area is 131 Å². The first-order chi connectivity index (χ1) is 10.4. The molecule has 0 unspecified atom stereocenters. The Hall–Kier alpha value is -1.76. The third-order valence-electron chi connectivity index (χ3n) is 3.75. The molecule has 0 bridgehead atoms. The van der Waals surface area contributed by atoms with E-state index in [1.165, 1.54) is 0 Å². The lowest BCUT2D eigenvalue weighted by molar-refractivity contribution is -0.130. The first-order valence-electron chi connectivity index (χ1n) is 7.31. The van der Waals surface area contributed by atoms with Crippen LogP contribution in [0.2, 0.25) is 0 Å². The minimum Gasteiger partial charge on any atom is -0.497 e. The van der Waals surface area contributed by atoms with Crippen molar-refractivity contribution < 1.29 is 17.9 Å². The lowest BCUT2D eigenvalue weighted by Crippen LogP contribution is -2.44. The van der Waals surface area contributed by atoms with Crippen LogP contribution in [0.1, 0.15) is 19.3 Å². The fourth-order valence-electron chi connectivity index (χ4n) is 2.51. The molecule has 2 rings (SSSR count). The van der Waals surface area contributed by atoms with E-state index in [-0.39, 0.29) is 12.5 Å². The highest BCUT2D eigenvalue weighted by Crippen LogP contribution is 2.22. The number of anilines is 1. The molecule has 1 aromatic rings. The Morgan fingerprint density at radius 2 is 1.77 bits per heavy atom. The number of amides is 1. The topological polar surface area (TPSA) is 66.9 Å². The molecular weight excluding hydrogens is 304 g/mol. The van der Waals surface area contributed by atoms with Gasteiger partial charge in [-0.05, 0) is 43.5 Å². The highest BCUT2D eigenvalue weighted by molar-refractivity contribution is 7.92. The molecule has 0 aromatic heterocycles. The van der Waals surface area contributed by atoms with Crippen LogP contribution < -0.4 is 9.04 Å². The van der Waals surface area contributed by atoms with Crippen LogP contribution in [-0.2, 0) is 14.8 Å². The summed E-state index contributed by atoms with van der Waals surface area (Å²) in [6.07, 6.45) is 4.19. The van der Waals surface area contributed by atoms with Crippen LogP contribution in [0.3, 0.4) is 0 Å². The number of hydrogen-bond donors (Lipinski definition) is 0. The van der Waals surface area contributed by atoms with E-state index >= 15 is 0 Å². The average molecular weight is 326 g/mol. The van der Waals surface area contributed by atoms with E-state index in [0.717, 1.165) is 29.8 Å². The molecule has 0 aliphatic carbocycles. The standard InChI is InChI=1S/C15H22N2O4S/c1-21-14-8-6-13(7-9-14)17(22(2,19)20)12-15(18)16-10-4-3-5-11-16/h6-9H,3-5,10-12H2,1-2H3. The number of rotatable bonds is 5. The summed E-state index contributed by atoms with van der Waals surface area (Å²) >= 11 is 0.